The summed E-state index contributed by atoms with van der Waals surface area (Å²) in [6, 6.07) is 10.3. The van der Waals surface area contributed by atoms with Crippen molar-refractivity contribution in [2.45, 2.75) is 26.2 Å². The summed E-state index contributed by atoms with van der Waals surface area (Å²) in [6.45, 7) is 3.46. The van der Waals surface area contributed by atoms with E-state index in [1.54, 1.807) is 0 Å². The normalized spacial score (nSPS) is 10.4. The Labute approximate surface area is 85.8 Å². The van der Waals surface area contributed by atoms with Crippen molar-refractivity contribution in [1.82, 2.24) is 0 Å². The van der Waals surface area contributed by atoms with E-state index in [1.807, 2.05) is 18.2 Å². The summed E-state index contributed by atoms with van der Waals surface area (Å²) < 4.78 is 0. The first kappa shape index (κ1) is 11.2. The van der Waals surface area contributed by atoms with E-state index in [9.17, 15) is 0 Å². The van der Waals surface area contributed by atoms with Gasteiger partial charge in [0.15, 0.2) is 0 Å². The highest BCUT2D eigenvalue weighted by atomic mass is 17.2. The van der Waals surface area contributed by atoms with Gasteiger partial charge >= 0.3 is 0 Å². The lowest BCUT2D eigenvalue weighted by Gasteiger charge is -2.03. The summed E-state index contributed by atoms with van der Waals surface area (Å²) in [4.78, 5) is 10.0. The van der Waals surface area contributed by atoms with Crippen LogP contribution in [0, 0.1) is 0 Å². The van der Waals surface area contributed by atoms with Crippen molar-refractivity contribution in [3.8, 4) is 0 Å². The number of hydrogen-bond donors (Lipinski definition) is 0. The molecule has 0 saturated carbocycles. The second kappa shape index (κ2) is 7.54. The molecular formula is C12H18O2. The number of hydrogen-bond acceptors (Lipinski definition) is 2. The van der Waals surface area contributed by atoms with Gasteiger partial charge < -0.3 is 0 Å². The zero-order valence-corrected chi connectivity index (χ0v) is 8.74. The lowest BCUT2D eigenvalue weighted by Crippen LogP contribution is -2.01. The average Bonchev–Trinajstić information content (AvgIpc) is 2.25. The van der Waals surface area contributed by atoms with Crippen LogP contribution >= 0.6 is 0 Å². The summed E-state index contributed by atoms with van der Waals surface area (Å²) in [5.74, 6) is 0. The molecule has 0 atom stereocenters. The Morgan fingerprint density at radius 1 is 1.00 bits per heavy atom. The van der Waals surface area contributed by atoms with E-state index in [-0.39, 0.29) is 0 Å². The minimum absolute atomic E-state index is 0.633. The van der Waals surface area contributed by atoms with Gasteiger partial charge in [-0.15, -0.1) is 0 Å². The molecule has 0 aliphatic rings. The fourth-order valence-electron chi connectivity index (χ4n) is 1.13. The van der Waals surface area contributed by atoms with Gasteiger partial charge in [-0.25, -0.2) is 9.78 Å². The SMILES string of the molecule is CCCCOOCCc1ccccc1. The first-order valence-corrected chi connectivity index (χ1v) is 5.22. The maximum absolute atomic E-state index is 5.04. The van der Waals surface area contributed by atoms with Crippen molar-refractivity contribution >= 4 is 0 Å². The zero-order valence-electron chi connectivity index (χ0n) is 8.74. The minimum Gasteiger partial charge on any atom is -0.237 e. The van der Waals surface area contributed by atoms with Crippen LogP contribution in [0.25, 0.3) is 0 Å². The highest BCUT2D eigenvalue weighted by Gasteiger charge is 1.92. The molecule has 0 aliphatic carbocycles. The molecule has 0 amide bonds. The van der Waals surface area contributed by atoms with Crippen LogP contribution in [-0.2, 0) is 16.2 Å². The van der Waals surface area contributed by atoms with Crippen LogP contribution in [0.2, 0.25) is 0 Å². The summed E-state index contributed by atoms with van der Waals surface area (Å²) >= 11 is 0. The standard InChI is InChI=1S/C12H18O2/c1-2-3-10-13-14-11-9-12-7-5-4-6-8-12/h4-8H,2-3,9-11H2,1H3. The molecule has 2 heteroatoms. The Kier molecular flexibility index (Phi) is 6.04. The third-order valence-electron chi connectivity index (χ3n) is 1.98. The highest BCUT2D eigenvalue weighted by Crippen LogP contribution is 1.99. The molecule has 1 rings (SSSR count). The van der Waals surface area contributed by atoms with Crippen LogP contribution < -0.4 is 0 Å². The minimum atomic E-state index is 0.633. The predicted molar refractivity (Wildman–Crippen MR) is 57.0 cm³/mol. The number of rotatable bonds is 7. The maximum atomic E-state index is 5.04. The molecule has 14 heavy (non-hydrogen) atoms. The molecule has 0 saturated heterocycles. The van der Waals surface area contributed by atoms with Crippen LogP contribution in [-0.4, -0.2) is 13.2 Å². The largest absolute Gasteiger partial charge is 0.237 e. The van der Waals surface area contributed by atoms with E-state index in [0.717, 1.165) is 19.3 Å². The van der Waals surface area contributed by atoms with Crippen LogP contribution in [0.4, 0.5) is 0 Å². The molecule has 0 radical (unpaired) electrons. The van der Waals surface area contributed by atoms with E-state index < -0.39 is 0 Å². The Morgan fingerprint density at radius 3 is 2.43 bits per heavy atom. The molecule has 0 fully saturated rings. The third kappa shape index (κ3) is 5.00. The topological polar surface area (TPSA) is 18.5 Å². The molecule has 1 aromatic rings. The second-order valence-electron chi connectivity index (χ2n) is 3.23. The smallest absolute Gasteiger partial charge is 0.0862 e. The predicted octanol–water partition coefficient (Wildman–Crippen LogP) is 2.98. The maximum Gasteiger partial charge on any atom is 0.0862 e. The quantitative estimate of drug-likeness (QED) is 0.377. The molecule has 2 nitrogen and oxygen atoms in total. The van der Waals surface area contributed by atoms with Gasteiger partial charge in [0.25, 0.3) is 0 Å². The van der Waals surface area contributed by atoms with Gasteiger partial charge in [0.2, 0.25) is 0 Å². The first-order chi connectivity index (χ1) is 6.93. The molecule has 0 heterocycles. The van der Waals surface area contributed by atoms with E-state index >= 15 is 0 Å². The van der Waals surface area contributed by atoms with E-state index in [1.165, 1.54) is 5.56 Å². The Morgan fingerprint density at radius 2 is 1.71 bits per heavy atom. The molecule has 1 aromatic carbocycles. The van der Waals surface area contributed by atoms with Crippen molar-refractivity contribution in [2.24, 2.45) is 0 Å². The monoisotopic (exact) mass is 194 g/mol. The van der Waals surface area contributed by atoms with Crippen molar-refractivity contribution in [2.75, 3.05) is 13.2 Å². The van der Waals surface area contributed by atoms with Crippen LogP contribution in [0.15, 0.2) is 30.3 Å². The fraction of sp³-hybridized carbons (Fsp3) is 0.500. The average molecular weight is 194 g/mol. The molecule has 0 N–H and O–H groups in total. The number of unbranched alkanes of at least 4 members (excludes halogenated alkanes) is 1. The van der Waals surface area contributed by atoms with Crippen LogP contribution in [0.1, 0.15) is 25.3 Å². The third-order valence-corrected chi connectivity index (χ3v) is 1.98. The lowest BCUT2D eigenvalue weighted by atomic mass is 10.2. The molecular weight excluding hydrogens is 176 g/mol. The van der Waals surface area contributed by atoms with Gasteiger partial charge in [-0.2, -0.15) is 0 Å². The summed E-state index contributed by atoms with van der Waals surface area (Å²) in [5, 5.41) is 0. The van der Waals surface area contributed by atoms with E-state index in [2.05, 4.69) is 19.1 Å². The summed E-state index contributed by atoms with van der Waals surface area (Å²) in [7, 11) is 0. The zero-order chi connectivity index (χ0) is 10.1. The van der Waals surface area contributed by atoms with Gasteiger partial charge in [-0.3, -0.25) is 0 Å². The highest BCUT2D eigenvalue weighted by molar-refractivity contribution is 5.14. The van der Waals surface area contributed by atoms with E-state index in [0.29, 0.717) is 13.2 Å². The number of benzene rings is 1. The molecule has 0 bridgehead atoms. The van der Waals surface area contributed by atoms with Crippen molar-refractivity contribution in [3.63, 3.8) is 0 Å². The lowest BCUT2D eigenvalue weighted by molar-refractivity contribution is -0.294. The Balaban J connectivity index is 1.99. The van der Waals surface area contributed by atoms with Crippen LogP contribution in [0.5, 0.6) is 0 Å². The second-order valence-corrected chi connectivity index (χ2v) is 3.23. The fourth-order valence-corrected chi connectivity index (χ4v) is 1.13. The van der Waals surface area contributed by atoms with Crippen molar-refractivity contribution in [3.05, 3.63) is 35.9 Å². The molecule has 0 aromatic heterocycles. The Bertz CT molecular complexity index is 221. The van der Waals surface area contributed by atoms with Gasteiger partial charge in [-0.05, 0) is 18.4 Å². The van der Waals surface area contributed by atoms with Crippen molar-refractivity contribution < 1.29 is 9.78 Å². The molecule has 0 aliphatic heterocycles. The van der Waals surface area contributed by atoms with E-state index in [4.69, 9.17) is 9.78 Å². The summed E-state index contributed by atoms with van der Waals surface area (Å²) in [5.41, 5.74) is 1.28. The Hall–Kier alpha value is -0.860. The molecule has 78 valence electrons. The molecule has 0 unspecified atom stereocenters. The van der Waals surface area contributed by atoms with Crippen LogP contribution in [0.3, 0.4) is 0 Å². The van der Waals surface area contributed by atoms with Gasteiger partial charge in [0, 0.05) is 0 Å². The van der Waals surface area contributed by atoms with Gasteiger partial charge in [0.1, 0.15) is 0 Å². The first-order valence-electron chi connectivity index (χ1n) is 5.22. The molecule has 0 spiro atoms. The van der Waals surface area contributed by atoms with Gasteiger partial charge in [-0.1, -0.05) is 43.7 Å². The van der Waals surface area contributed by atoms with Crippen molar-refractivity contribution in [1.29, 1.82) is 0 Å². The summed E-state index contributed by atoms with van der Waals surface area (Å²) in [6.07, 6.45) is 3.11. The van der Waals surface area contributed by atoms with Gasteiger partial charge in [0.05, 0.1) is 13.2 Å².